The molecule has 0 aliphatic rings. The number of esters is 1. The van der Waals surface area contributed by atoms with E-state index in [0.29, 0.717) is 11.4 Å². The number of carbonyl (C=O) groups excluding carboxylic acids is 2. The van der Waals surface area contributed by atoms with Gasteiger partial charge in [-0.2, -0.15) is 0 Å². The van der Waals surface area contributed by atoms with Crippen LogP contribution in [0, 0.1) is 26.6 Å². The van der Waals surface area contributed by atoms with E-state index >= 15 is 0 Å². The maximum Gasteiger partial charge on any atom is 0.344 e. The lowest BCUT2D eigenvalue weighted by Crippen LogP contribution is -2.32. The van der Waals surface area contributed by atoms with Gasteiger partial charge < -0.3 is 14.8 Å². The van der Waals surface area contributed by atoms with Crippen molar-refractivity contribution in [2.75, 3.05) is 11.9 Å². The molecule has 0 radical (unpaired) electrons. The minimum atomic E-state index is -0.973. The van der Waals surface area contributed by atoms with Crippen LogP contribution in [-0.4, -0.2) is 24.6 Å². The number of hydrogen-bond donors (Lipinski definition) is 1. The van der Waals surface area contributed by atoms with Crippen molar-refractivity contribution in [3.63, 3.8) is 0 Å². The first kappa shape index (κ1) is 19.4. The zero-order valence-corrected chi connectivity index (χ0v) is 15.3. The third kappa shape index (κ3) is 5.31. The minimum absolute atomic E-state index is 0.339. The number of carbonyl (C=O) groups is 2. The third-order valence-corrected chi connectivity index (χ3v) is 3.77. The number of aryl methyl sites for hydroxylation is 3. The maximum atomic E-state index is 12.8. The average molecular weight is 359 g/mol. The van der Waals surface area contributed by atoms with E-state index in [4.69, 9.17) is 9.47 Å². The highest BCUT2D eigenvalue weighted by atomic mass is 19.1. The van der Waals surface area contributed by atoms with Crippen molar-refractivity contribution in [2.45, 2.75) is 33.8 Å². The Labute approximate surface area is 152 Å². The van der Waals surface area contributed by atoms with Crippen LogP contribution < -0.4 is 10.1 Å². The quantitative estimate of drug-likeness (QED) is 0.799. The Bertz CT molecular complexity index is 779. The number of benzene rings is 2. The predicted molar refractivity (Wildman–Crippen MR) is 96.7 cm³/mol. The van der Waals surface area contributed by atoms with E-state index in [2.05, 4.69) is 5.32 Å². The molecule has 0 aliphatic heterocycles. The third-order valence-electron chi connectivity index (χ3n) is 3.77. The standard InChI is InChI=1S/C20H22FNO4/c1-12-9-13(2)19(14(3)10-12)22-20(24)15(4)26-18(23)11-25-17-7-5-16(21)6-8-17/h5-10,15H,11H2,1-4H3,(H,22,24). The summed E-state index contributed by atoms with van der Waals surface area (Å²) in [4.78, 5) is 24.1. The van der Waals surface area contributed by atoms with Crippen LogP contribution in [-0.2, 0) is 14.3 Å². The fraction of sp³-hybridized carbons (Fsp3) is 0.300. The molecule has 0 aliphatic carbocycles. The van der Waals surface area contributed by atoms with Crippen LogP contribution in [0.15, 0.2) is 36.4 Å². The molecular weight excluding hydrogens is 337 g/mol. The number of amides is 1. The molecule has 2 aromatic rings. The van der Waals surface area contributed by atoms with E-state index < -0.39 is 23.8 Å². The van der Waals surface area contributed by atoms with Gasteiger partial charge in [0.1, 0.15) is 11.6 Å². The van der Waals surface area contributed by atoms with E-state index in [1.54, 1.807) is 0 Å². The van der Waals surface area contributed by atoms with Gasteiger partial charge in [-0.15, -0.1) is 0 Å². The molecule has 1 N–H and O–H groups in total. The molecule has 138 valence electrons. The molecular formula is C20H22FNO4. The summed E-state index contributed by atoms with van der Waals surface area (Å²) < 4.78 is 23.1. The fourth-order valence-corrected chi connectivity index (χ4v) is 2.56. The molecule has 0 heterocycles. The van der Waals surface area contributed by atoms with Gasteiger partial charge in [-0.25, -0.2) is 9.18 Å². The molecule has 5 nitrogen and oxygen atoms in total. The van der Waals surface area contributed by atoms with Crippen LogP contribution >= 0.6 is 0 Å². The molecule has 0 spiro atoms. The van der Waals surface area contributed by atoms with Crippen LogP contribution in [0.4, 0.5) is 10.1 Å². The van der Waals surface area contributed by atoms with Crippen molar-refractivity contribution in [3.05, 3.63) is 58.9 Å². The normalized spacial score (nSPS) is 11.6. The highest BCUT2D eigenvalue weighted by molar-refractivity contribution is 5.96. The lowest BCUT2D eigenvalue weighted by Gasteiger charge is -2.17. The summed E-state index contributed by atoms with van der Waals surface area (Å²) in [5.74, 6) is -1.16. The van der Waals surface area contributed by atoms with E-state index in [9.17, 15) is 14.0 Å². The highest BCUT2D eigenvalue weighted by Gasteiger charge is 2.19. The first-order chi connectivity index (χ1) is 12.3. The monoisotopic (exact) mass is 359 g/mol. The molecule has 0 fully saturated rings. The molecule has 0 saturated heterocycles. The largest absolute Gasteiger partial charge is 0.482 e. The van der Waals surface area contributed by atoms with Crippen molar-refractivity contribution >= 4 is 17.6 Å². The van der Waals surface area contributed by atoms with Gasteiger partial charge in [-0.05, 0) is 63.1 Å². The van der Waals surface area contributed by atoms with Crippen LogP contribution in [0.25, 0.3) is 0 Å². The average Bonchev–Trinajstić information content (AvgIpc) is 2.57. The fourth-order valence-electron chi connectivity index (χ4n) is 2.56. The van der Waals surface area contributed by atoms with Gasteiger partial charge in [-0.3, -0.25) is 4.79 Å². The second-order valence-corrected chi connectivity index (χ2v) is 6.14. The topological polar surface area (TPSA) is 64.6 Å². The van der Waals surface area contributed by atoms with E-state index in [1.165, 1.54) is 31.2 Å². The van der Waals surface area contributed by atoms with Gasteiger partial charge in [0.15, 0.2) is 12.7 Å². The first-order valence-corrected chi connectivity index (χ1v) is 8.23. The molecule has 0 saturated carbocycles. The van der Waals surface area contributed by atoms with Crippen LogP contribution in [0.3, 0.4) is 0 Å². The number of rotatable bonds is 6. The number of nitrogens with one attached hydrogen (secondary N) is 1. The summed E-state index contributed by atoms with van der Waals surface area (Å²) in [6.45, 7) is 6.92. The van der Waals surface area contributed by atoms with Gasteiger partial charge in [0.05, 0.1) is 0 Å². The number of anilines is 1. The Morgan fingerprint density at radius 1 is 1.08 bits per heavy atom. The Morgan fingerprint density at radius 3 is 2.23 bits per heavy atom. The van der Waals surface area contributed by atoms with E-state index in [1.807, 2.05) is 32.9 Å². The number of hydrogen-bond acceptors (Lipinski definition) is 4. The summed E-state index contributed by atoms with van der Waals surface area (Å²) in [5.41, 5.74) is 3.70. The molecule has 2 aromatic carbocycles. The van der Waals surface area contributed by atoms with Crippen molar-refractivity contribution in [1.82, 2.24) is 0 Å². The molecule has 1 unspecified atom stereocenters. The Morgan fingerprint density at radius 2 is 1.65 bits per heavy atom. The summed E-state index contributed by atoms with van der Waals surface area (Å²) in [6.07, 6.45) is -0.973. The van der Waals surface area contributed by atoms with Crippen LogP contribution in [0.5, 0.6) is 5.75 Å². The van der Waals surface area contributed by atoms with Crippen LogP contribution in [0.1, 0.15) is 23.6 Å². The Kier molecular flexibility index (Phi) is 6.33. The zero-order chi connectivity index (χ0) is 19.3. The molecule has 6 heteroatoms. The van der Waals surface area contributed by atoms with Crippen LogP contribution in [0.2, 0.25) is 0 Å². The summed E-state index contributed by atoms with van der Waals surface area (Å²) in [7, 11) is 0. The highest BCUT2D eigenvalue weighted by Crippen LogP contribution is 2.22. The number of halogens is 1. The number of ether oxygens (including phenoxy) is 2. The predicted octanol–water partition coefficient (Wildman–Crippen LogP) is 3.70. The summed E-state index contributed by atoms with van der Waals surface area (Å²) in [6, 6.07) is 9.20. The van der Waals surface area contributed by atoms with Crippen molar-refractivity contribution in [3.8, 4) is 5.75 Å². The van der Waals surface area contributed by atoms with Gasteiger partial charge in [0, 0.05) is 5.69 Å². The zero-order valence-electron chi connectivity index (χ0n) is 15.3. The molecule has 0 aromatic heterocycles. The Hall–Kier alpha value is -2.89. The molecule has 1 amide bonds. The smallest absolute Gasteiger partial charge is 0.344 e. The van der Waals surface area contributed by atoms with Gasteiger partial charge in [0.25, 0.3) is 5.91 Å². The van der Waals surface area contributed by atoms with E-state index in [-0.39, 0.29) is 6.61 Å². The van der Waals surface area contributed by atoms with E-state index in [0.717, 1.165) is 16.7 Å². The minimum Gasteiger partial charge on any atom is -0.482 e. The summed E-state index contributed by atoms with van der Waals surface area (Å²) >= 11 is 0. The van der Waals surface area contributed by atoms with Crippen molar-refractivity contribution in [1.29, 1.82) is 0 Å². The summed E-state index contributed by atoms with van der Waals surface area (Å²) in [5, 5.41) is 2.79. The van der Waals surface area contributed by atoms with Crippen molar-refractivity contribution < 1.29 is 23.5 Å². The molecule has 1 atom stereocenters. The van der Waals surface area contributed by atoms with Gasteiger partial charge in [0.2, 0.25) is 0 Å². The second kappa shape index (κ2) is 8.47. The lowest BCUT2D eigenvalue weighted by molar-refractivity contribution is -0.155. The van der Waals surface area contributed by atoms with Gasteiger partial charge in [-0.1, -0.05) is 17.7 Å². The maximum absolute atomic E-state index is 12.8. The molecule has 0 bridgehead atoms. The molecule has 2 rings (SSSR count). The second-order valence-electron chi connectivity index (χ2n) is 6.14. The van der Waals surface area contributed by atoms with Crippen molar-refractivity contribution in [2.24, 2.45) is 0 Å². The lowest BCUT2D eigenvalue weighted by atomic mass is 10.0. The Balaban J connectivity index is 1.88. The van der Waals surface area contributed by atoms with Gasteiger partial charge >= 0.3 is 5.97 Å². The SMILES string of the molecule is Cc1cc(C)c(NC(=O)C(C)OC(=O)COc2ccc(F)cc2)c(C)c1. The first-order valence-electron chi connectivity index (χ1n) is 8.23. The molecule has 26 heavy (non-hydrogen) atoms.